The van der Waals surface area contributed by atoms with Crippen LogP contribution in [0.1, 0.15) is 43.2 Å². The van der Waals surface area contributed by atoms with E-state index in [9.17, 15) is 0 Å². The molecule has 1 aromatic heterocycles. The van der Waals surface area contributed by atoms with E-state index in [0.29, 0.717) is 5.76 Å². The molecule has 1 N–H and O–H groups in total. The van der Waals surface area contributed by atoms with Gasteiger partial charge in [-0.25, -0.2) is 0 Å². The van der Waals surface area contributed by atoms with Crippen molar-refractivity contribution >= 4 is 28.3 Å². The van der Waals surface area contributed by atoms with Crippen molar-refractivity contribution in [1.29, 1.82) is 5.26 Å². The summed E-state index contributed by atoms with van der Waals surface area (Å²) in [5.41, 5.74) is 4.04. The number of halogens is 1. The molecule has 1 atom stereocenters. The molecule has 24 heavy (non-hydrogen) atoms. The predicted octanol–water partition coefficient (Wildman–Crippen LogP) is 6.08. The predicted molar refractivity (Wildman–Crippen MR) is 98.4 cm³/mol. The molecule has 0 aliphatic heterocycles. The number of fused-ring (bicyclic) bond motifs is 1. The molecule has 0 bridgehead atoms. The van der Waals surface area contributed by atoms with Gasteiger partial charge >= 0.3 is 0 Å². The molecule has 122 valence electrons. The van der Waals surface area contributed by atoms with Crippen LogP contribution in [0.25, 0.3) is 11.0 Å². The average Bonchev–Trinajstić information content (AvgIpc) is 2.99. The summed E-state index contributed by atoms with van der Waals surface area (Å²) in [5, 5.41) is 14.1. The Morgan fingerprint density at radius 1 is 1.21 bits per heavy atom. The highest BCUT2D eigenvalue weighted by Gasteiger charge is 2.10. The molecular weight excluding hydrogens is 320 g/mol. The zero-order chi connectivity index (χ0) is 17.1. The van der Waals surface area contributed by atoms with Crippen molar-refractivity contribution in [2.45, 2.75) is 32.7 Å². The molecular formula is C20H19ClN2O. The van der Waals surface area contributed by atoms with E-state index in [-0.39, 0.29) is 6.04 Å². The lowest BCUT2D eigenvalue weighted by atomic mass is 10.1. The summed E-state index contributed by atoms with van der Waals surface area (Å²) in [6.07, 6.45) is 2.07. The van der Waals surface area contributed by atoms with Gasteiger partial charge in [0.05, 0.1) is 0 Å². The highest BCUT2D eigenvalue weighted by molar-refractivity contribution is 6.31. The van der Waals surface area contributed by atoms with Crippen molar-refractivity contribution in [2.75, 3.05) is 5.32 Å². The highest BCUT2D eigenvalue weighted by atomic mass is 35.5. The van der Waals surface area contributed by atoms with E-state index >= 15 is 0 Å². The van der Waals surface area contributed by atoms with Crippen LogP contribution in [0.15, 0.2) is 46.9 Å². The number of rotatable bonds is 5. The maximum atomic E-state index is 8.93. The van der Waals surface area contributed by atoms with E-state index in [1.807, 2.05) is 30.3 Å². The average molecular weight is 339 g/mol. The van der Waals surface area contributed by atoms with Crippen LogP contribution < -0.4 is 5.32 Å². The quantitative estimate of drug-likeness (QED) is 0.613. The number of furan rings is 1. The van der Waals surface area contributed by atoms with E-state index in [4.69, 9.17) is 21.3 Å². The second-order valence-electron chi connectivity index (χ2n) is 5.94. The van der Waals surface area contributed by atoms with Crippen molar-refractivity contribution in [3.8, 4) is 6.07 Å². The summed E-state index contributed by atoms with van der Waals surface area (Å²) in [7, 11) is 0. The summed E-state index contributed by atoms with van der Waals surface area (Å²) in [4.78, 5) is 0. The minimum atomic E-state index is 0.114. The second-order valence-corrected chi connectivity index (χ2v) is 6.35. The molecule has 0 radical (unpaired) electrons. The van der Waals surface area contributed by atoms with Crippen LogP contribution >= 0.6 is 11.6 Å². The van der Waals surface area contributed by atoms with E-state index in [0.717, 1.165) is 40.1 Å². The lowest BCUT2D eigenvalue weighted by Gasteiger charge is -2.17. The first-order chi connectivity index (χ1) is 11.6. The Kier molecular flexibility index (Phi) is 4.78. The topological polar surface area (TPSA) is 49.0 Å². The number of anilines is 1. The van der Waals surface area contributed by atoms with Gasteiger partial charge in [0, 0.05) is 28.2 Å². The number of nitriles is 1. The minimum absolute atomic E-state index is 0.114. The summed E-state index contributed by atoms with van der Waals surface area (Å²) in [6.45, 7) is 4.24. The molecule has 3 aromatic rings. The summed E-state index contributed by atoms with van der Waals surface area (Å²) in [6, 6.07) is 16.0. The van der Waals surface area contributed by atoms with Gasteiger partial charge in [0.1, 0.15) is 11.7 Å². The molecule has 1 heterocycles. The smallest absolute Gasteiger partial charge is 0.204 e. The SMILES string of the molecule is CCCc1ccc(N[C@@H](C)c2ccc3oc(C#N)cc3c2)cc1Cl. The summed E-state index contributed by atoms with van der Waals surface area (Å²) in [5.74, 6) is 0.334. The standard InChI is InChI=1S/C20H19ClN2O/c1-3-4-14-5-7-17(11-19(14)21)23-13(2)15-6-8-20-16(9-15)10-18(12-22)24-20/h5-11,13,23H,3-4H2,1-2H3/t13-/m0/s1. The van der Waals surface area contributed by atoms with Crippen LogP contribution in [0.4, 0.5) is 5.69 Å². The van der Waals surface area contributed by atoms with Gasteiger partial charge in [-0.1, -0.05) is 37.1 Å². The number of aryl methyl sites for hydroxylation is 1. The van der Waals surface area contributed by atoms with Crippen molar-refractivity contribution in [3.05, 3.63) is 64.4 Å². The third-order valence-corrected chi connectivity index (χ3v) is 4.46. The van der Waals surface area contributed by atoms with E-state index < -0.39 is 0 Å². The summed E-state index contributed by atoms with van der Waals surface area (Å²) < 4.78 is 5.42. The molecule has 4 heteroatoms. The van der Waals surface area contributed by atoms with Crippen molar-refractivity contribution in [1.82, 2.24) is 0 Å². The highest BCUT2D eigenvalue weighted by Crippen LogP contribution is 2.28. The van der Waals surface area contributed by atoms with Crippen molar-refractivity contribution < 1.29 is 4.42 Å². The molecule has 0 unspecified atom stereocenters. The summed E-state index contributed by atoms with van der Waals surface area (Å²) >= 11 is 6.35. The lowest BCUT2D eigenvalue weighted by molar-refractivity contribution is 0.599. The zero-order valence-electron chi connectivity index (χ0n) is 13.8. The van der Waals surface area contributed by atoms with Crippen molar-refractivity contribution in [3.63, 3.8) is 0 Å². The minimum Gasteiger partial charge on any atom is -0.446 e. The van der Waals surface area contributed by atoms with Gasteiger partial charge in [0.25, 0.3) is 0 Å². The van der Waals surface area contributed by atoms with Crippen LogP contribution in [0, 0.1) is 11.3 Å². The first kappa shape index (κ1) is 16.4. The molecule has 0 saturated heterocycles. The number of nitrogens with zero attached hydrogens (tertiary/aromatic N) is 1. The molecule has 3 rings (SSSR count). The Hall–Kier alpha value is -2.44. The third kappa shape index (κ3) is 3.39. The first-order valence-corrected chi connectivity index (χ1v) is 8.47. The second kappa shape index (κ2) is 6.98. The Balaban J connectivity index is 1.80. The monoisotopic (exact) mass is 338 g/mol. The number of hydrogen-bond acceptors (Lipinski definition) is 3. The fourth-order valence-electron chi connectivity index (χ4n) is 2.83. The third-order valence-electron chi connectivity index (χ3n) is 4.11. The fraction of sp³-hybridized carbons (Fsp3) is 0.250. The van der Waals surface area contributed by atoms with E-state index in [1.165, 1.54) is 5.56 Å². The Morgan fingerprint density at radius 3 is 2.75 bits per heavy atom. The first-order valence-electron chi connectivity index (χ1n) is 8.09. The lowest BCUT2D eigenvalue weighted by Crippen LogP contribution is -2.06. The van der Waals surface area contributed by atoms with Crippen molar-refractivity contribution in [2.24, 2.45) is 0 Å². The largest absolute Gasteiger partial charge is 0.446 e. The Morgan fingerprint density at radius 2 is 2.04 bits per heavy atom. The fourth-order valence-corrected chi connectivity index (χ4v) is 3.10. The molecule has 0 spiro atoms. The molecule has 0 fully saturated rings. The molecule has 0 saturated carbocycles. The van der Waals surface area contributed by atoms with Gasteiger partial charge in [0.15, 0.2) is 0 Å². The molecule has 0 aliphatic rings. The van der Waals surface area contributed by atoms with E-state index in [2.05, 4.69) is 31.3 Å². The normalized spacial score (nSPS) is 12.1. The molecule has 0 aliphatic carbocycles. The number of benzene rings is 2. The Labute approximate surface area is 146 Å². The molecule has 3 nitrogen and oxygen atoms in total. The van der Waals surface area contributed by atoms with Crippen LogP contribution in [-0.2, 0) is 6.42 Å². The zero-order valence-corrected chi connectivity index (χ0v) is 14.5. The Bertz CT molecular complexity index is 908. The van der Waals surface area contributed by atoms with Gasteiger partial charge in [-0.2, -0.15) is 5.26 Å². The molecule has 0 amide bonds. The van der Waals surface area contributed by atoms with Gasteiger partial charge in [-0.3, -0.25) is 0 Å². The van der Waals surface area contributed by atoms with E-state index in [1.54, 1.807) is 6.07 Å². The van der Waals surface area contributed by atoms with Gasteiger partial charge in [-0.05, 0) is 48.7 Å². The van der Waals surface area contributed by atoms with Gasteiger partial charge < -0.3 is 9.73 Å². The van der Waals surface area contributed by atoms with Crippen LogP contribution in [0.2, 0.25) is 5.02 Å². The van der Waals surface area contributed by atoms with Gasteiger partial charge in [-0.15, -0.1) is 0 Å². The maximum absolute atomic E-state index is 8.93. The van der Waals surface area contributed by atoms with Gasteiger partial charge in [0.2, 0.25) is 5.76 Å². The van der Waals surface area contributed by atoms with Crippen LogP contribution in [0.3, 0.4) is 0 Å². The number of nitrogens with one attached hydrogen (secondary N) is 1. The van der Waals surface area contributed by atoms with Crippen LogP contribution in [0.5, 0.6) is 0 Å². The van der Waals surface area contributed by atoms with Crippen LogP contribution in [-0.4, -0.2) is 0 Å². The molecule has 2 aromatic carbocycles. The number of hydrogen-bond donors (Lipinski definition) is 1. The maximum Gasteiger partial charge on any atom is 0.204 e.